The predicted molar refractivity (Wildman–Crippen MR) is 91.9 cm³/mol. The molecule has 0 heterocycles. The van der Waals surface area contributed by atoms with E-state index in [1.807, 2.05) is 0 Å². The molecule has 0 aromatic heterocycles. The van der Waals surface area contributed by atoms with Crippen molar-refractivity contribution in [3.8, 4) is 0 Å². The van der Waals surface area contributed by atoms with Crippen molar-refractivity contribution < 1.29 is 10.1 Å². The molecular weight excluding hydrogens is 272 g/mol. The molecule has 0 radical (unpaired) electrons. The van der Waals surface area contributed by atoms with Crippen molar-refractivity contribution in [2.45, 2.75) is 59.4 Å². The number of hydrogen-bond acceptors (Lipinski definition) is 1. The van der Waals surface area contributed by atoms with E-state index in [-0.39, 0.29) is 5.91 Å². The zero-order chi connectivity index (χ0) is 16.1. The average molecular weight is 303 g/mol. The van der Waals surface area contributed by atoms with E-state index in [0.717, 1.165) is 23.6 Å². The maximum absolute atomic E-state index is 12.3. The van der Waals surface area contributed by atoms with E-state index in [0.29, 0.717) is 18.5 Å². The summed E-state index contributed by atoms with van der Waals surface area (Å²) in [6.07, 6.45) is 4.81. The van der Waals surface area contributed by atoms with Crippen LogP contribution in [0, 0.1) is 18.8 Å². The lowest BCUT2D eigenvalue weighted by Crippen LogP contribution is -2.93. The smallest absolute Gasteiger partial charge is 0.279 e. The van der Waals surface area contributed by atoms with Gasteiger partial charge in [-0.1, -0.05) is 39.0 Å². The molecule has 1 amide bonds. The Balaban J connectivity index is 1.91. The van der Waals surface area contributed by atoms with E-state index in [1.54, 1.807) is 0 Å². The van der Waals surface area contributed by atoms with Crippen LogP contribution in [0.2, 0.25) is 0 Å². The molecule has 22 heavy (non-hydrogen) atoms. The topological polar surface area (TPSA) is 45.7 Å². The third-order valence-corrected chi connectivity index (χ3v) is 5.38. The van der Waals surface area contributed by atoms with Crippen molar-refractivity contribution in [1.29, 1.82) is 0 Å². The molecule has 3 heteroatoms. The number of para-hydroxylation sites is 1. The van der Waals surface area contributed by atoms with Crippen LogP contribution in [0.15, 0.2) is 18.2 Å². The minimum Gasteiger partial charge on any atom is -0.336 e. The van der Waals surface area contributed by atoms with Gasteiger partial charge in [0.2, 0.25) is 0 Å². The molecule has 3 N–H and O–H groups in total. The summed E-state index contributed by atoms with van der Waals surface area (Å²) in [4.78, 5) is 12.3. The Morgan fingerprint density at radius 1 is 1.32 bits per heavy atom. The Kier molecular flexibility index (Phi) is 6.01. The molecule has 0 bridgehead atoms. The number of nitrogens with one attached hydrogen (secondary N) is 1. The number of rotatable bonds is 5. The van der Waals surface area contributed by atoms with Crippen LogP contribution in [-0.4, -0.2) is 18.5 Å². The van der Waals surface area contributed by atoms with Crippen LogP contribution in [0.3, 0.4) is 0 Å². The normalized spacial score (nSPS) is 25.0. The number of nitrogens with two attached hydrogens (primary N) is 1. The Hall–Kier alpha value is -1.35. The second-order valence-electron chi connectivity index (χ2n) is 6.88. The first kappa shape index (κ1) is 17.0. The number of carbonyl (C=O) groups is 1. The number of hydrogen-bond donors (Lipinski definition) is 2. The van der Waals surface area contributed by atoms with Crippen LogP contribution >= 0.6 is 0 Å². The lowest BCUT2D eigenvalue weighted by molar-refractivity contribution is -0.688. The highest BCUT2D eigenvalue weighted by Crippen LogP contribution is 2.27. The van der Waals surface area contributed by atoms with E-state index in [9.17, 15) is 4.79 Å². The fourth-order valence-corrected chi connectivity index (χ4v) is 3.61. The number of carbonyl (C=O) groups excluding carboxylic acids is 1. The van der Waals surface area contributed by atoms with Gasteiger partial charge in [-0.2, -0.15) is 0 Å². The van der Waals surface area contributed by atoms with Crippen LogP contribution in [0.5, 0.6) is 0 Å². The van der Waals surface area contributed by atoms with Gasteiger partial charge >= 0.3 is 0 Å². The van der Waals surface area contributed by atoms with E-state index < -0.39 is 0 Å². The number of benzene rings is 1. The van der Waals surface area contributed by atoms with Gasteiger partial charge in [0.05, 0.1) is 6.04 Å². The molecule has 1 fully saturated rings. The molecule has 0 unspecified atom stereocenters. The monoisotopic (exact) mass is 303 g/mol. The molecule has 1 aliphatic rings. The highest BCUT2D eigenvalue weighted by atomic mass is 16.1. The Morgan fingerprint density at radius 3 is 2.82 bits per heavy atom. The zero-order valence-corrected chi connectivity index (χ0v) is 14.5. The highest BCUT2D eigenvalue weighted by molar-refractivity contribution is 5.93. The largest absolute Gasteiger partial charge is 0.336 e. The molecule has 1 aliphatic carbocycles. The minimum atomic E-state index is 0.120. The molecule has 1 aromatic rings. The van der Waals surface area contributed by atoms with Crippen LogP contribution in [0.25, 0.3) is 0 Å². The lowest BCUT2D eigenvalue weighted by Gasteiger charge is -2.32. The summed E-state index contributed by atoms with van der Waals surface area (Å²) in [5.74, 6) is 1.60. The minimum absolute atomic E-state index is 0.120. The summed E-state index contributed by atoms with van der Waals surface area (Å²) in [7, 11) is 0. The Bertz CT molecular complexity index is 512. The van der Waals surface area contributed by atoms with Crippen molar-refractivity contribution in [1.82, 2.24) is 0 Å². The highest BCUT2D eigenvalue weighted by Gasteiger charge is 2.29. The van der Waals surface area contributed by atoms with Crippen molar-refractivity contribution in [2.75, 3.05) is 11.9 Å². The van der Waals surface area contributed by atoms with Gasteiger partial charge in [0, 0.05) is 11.6 Å². The standard InChI is InChI=1S/C19H30N2O/c1-5-16-10-6-9-14(3)19(16)21-18(22)12-20-17-11-7-8-13(2)15(17)4/h6,9-10,13,15,17,20H,5,7-8,11-12H2,1-4H3,(H,21,22)/p+1/t13-,15-,17-/m0/s1. The molecule has 1 saturated carbocycles. The molecule has 0 aliphatic heterocycles. The summed E-state index contributed by atoms with van der Waals surface area (Å²) in [6, 6.07) is 6.80. The Labute approximate surface area is 134 Å². The van der Waals surface area contributed by atoms with E-state index in [4.69, 9.17) is 0 Å². The number of anilines is 1. The third-order valence-electron chi connectivity index (χ3n) is 5.38. The molecule has 1 aromatic carbocycles. The van der Waals surface area contributed by atoms with Gasteiger partial charge in [-0.05, 0) is 49.7 Å². The Morgan fingerprint density at radius 2 is 2.09 bits per heavy atom. The molecule has 3 atom stereocenters. The van der Waals surface area contributed by atoms with Gasteiger partial charge in [0.25, 0.3) is 5.91 Å². The number of aryl methyl sites for hydroxylation is 2. The van der Waals surface area contributed by atoms with E-state index >= 15 is 0 Å². The van der Waals surface area contributed by atoms with Crippen LogP contribution < -0.4 is 10.6 Å². The van der Waals surface area contributed by atoms with Gasteiger partial charge in [-0.25, -0.2) is 0 Å². The average Bonchev–Trinajstić information content (AvgIpc) is 2.50. The first-order chi connectivity index (χ1) is 10.5. The zero-order valence-electron chi connectivity index (χ0n) is 14.5. The van der Waals surface area contributed by atoms with Gasteiger partial charge in [-0.15, -0.1) is 0 Å². The quantitative estimate of drug-likeness (QED) is 0.863. The lowest BCUT2D eigenvalue weighted by atomic mass is 9.78. The van der Waals surface area contributed by atoms with Crippen LogP contribution in [-0.2, 0) is 11.2 Å². The molecular formula is C19H31N2O+. The first-order valence-electron chi connectivity index (χ1n) is 8.74. The van der Waals surface area contributed by atoms with E-state index in [2.05, 4.69) is 56.5 Å². The molecule has 122 valence electrons. The van der Waals surface area contributed by atoms with Crippen LogP contribution in [0.1, 0.15) is 51.2 Å². The van der Waals surface area contributed by atoms with E-state index in [1.165, 1.54) is 24.8 Å². The van der Waals surface area contributed by atoms with Gasteiger partial charge in [-0.3, -0.25) is 4.79 Å². The molecule has 0 saturated heterocycles. The predicted octanol–water partition coefficient (Wildman–Crippen LogP) is 2.88. The van der Waals surface area contributed by atoms with Crippen molar-refractivity contribution in [3.05, 3.63) is 29.3 Å². The fraction of sp³-hybridized carbons (Fsp3) is 0.632. The second-order valence-corrected chi connectivity index (χ2v) is 6.88. The maximum Gasteiger partial charge on any atom is 0.279 e. The fourth-order valence-electron chi connectivity index (χ4n) is 3.61. The number of quaternary nitrogens is 1. The van der Waals surface area contributed by atoms with Crippen molar-refractivity contribution in [3.63, 3.8) is 0 Å². The SMILES string of the molecule is CCc1cccc(C)c1NC(=O)C[NH2+][C@H]1CCC[C@H](C)[C@@H]1C. The first-order valence-corrected chi connectivity index (χ1v) is 8.74. The van der Waals surface area contributed by atoms with Gasteiger partial charge < -0.3 is 10.6 Å². The van der Waals surface area contributed by atoms with Gasteiger partial charge in [0.1, 0.15) is 0 Å². The van der Waals surface area contributed by atoms with Crippen molar-refractivity contribution >= 4 is 11.6 Å². The molecule has 0 spiro atoms. The second kappa shape index (κ2) is 7.77. The summed E-state index contributed by atoms with van der Waals surface area (Å²) < 4.78 is 0. The van der Waals surface area contributed by atoms with Crippen molar-refractivity contribution in [2.24, 2.45) is 11.8 Å². The molecule has 3 nitrogen and oxygen atoms in total. The summed E-state index contributed by atoms with van der Waals surface area (Å²) in [6.45, 7) is 9.38. The third kappa shape index (κ3) is 4.10. The summed E-state index contributed by atoms with van der Waals surface area (Å²) in [5.41, 5.74) is 3.37. The van der Waals surface area contributed by atoms with Crippen LogP contribution in [0.4, 0.5) is 5.69 Å². The number of amides is 1. The van der Waals surface area contributed by atoms with Gasteiger partial charge in [0.15, 0.2) is 6.54 Å². The summed E-state index contributed by atoms with van der Waals surface area (Å²) in [5, 5.41) is 5.37. The summed E-state index contributed by atoms with van der Waals surface area (Å²) >= 11 is 0. The maximum atomic E-state index is 12.3. The molecule has 2 rings (SSSR count).